The van der Waals surface area contributed by atoms with E-state index in [1.165, 1.54) is 12.1 Å². The summed E-state index contributed by atoms with van der Waals surface area (Å²) in [4.78, 5) is 22.9. The van der Waals surface area contributed by atoms with E-state index < -0.39 is 17.2 Å². The van der Waals surface area contributed by atoms with E-state index in [1.54, 1.807) is 19.9 Å². The molecule has 0 aliphatic carbocycles. The molecule has 4 N–H and O–H groups in total. The van der Waals surface area contributed by atoms with Crippen LogP contribution < -0.4 is 11.1 Å². The van der Waals surface area contributed by atoms with Gasteiger partial charge in [-0.3, -0.25) is 9.59 Å². The molecule has 0 saturated heterocycles. The first-order valence-electron chi connectivity index (χ1n) is 5.30. The van der Waals surface area contributed by atoms with Crippen LogP contribution in [0.5, 0.6) is 5.75 Å². The monoisotopic (exact) mass is 314 g/mol. The maximum Gasteiger partial charge on any atom is 0.255 e. The van der Waals surface area contributed by atoms with Gasteiger partial charge in [-0.1, -0.05) is 15.9 Å². The number of nitrogens with two attached hydrogens (primary N) is 1. The Morgan fingerprint density at radius 3 is 2.61 bits per heavy atom. The van der Waals surface area contributed by atoms with Crippen LogP contribution in [0.4, 0.5) is 0 Å². The van der Waals surface area contributed by atoms with Gasteiger partial charge >= 0.3 is 0 Å². The van der Waals surface area contributed by atoms with E-state index >= 15 is 0 Å². The van der Waals surface area contributed by atoms with Crippen molar-refractivity contribution in [1.29, 1.82) is 0 Å². The Balaban J connectivity index is 2.78. The minimum absolute atomic E-state index is 0.104. The van der Waals surface area contributed by atoms with E-state index in [9.17, 15) is 14.7 Å². The Kier molecular flexibility index (Phi) is 4.34. The number of halogens is 1. The molecule has 0 bridgehead atoms. The largest absolute Gasteiger partial charge is 0.507 e. The zero-order valence-corrected chi connectivity index (χ0v) is 11.7. The molecule has 1 aromatic carbocycles. The Hall–Kier alpha value is -1.56. The van der Waals surface area contributed by atoms with Crippen molar-refractivity contribution in [3.63, 3.8) is 0 Å². The highest BCUT2D eigenvalue weighted by Gasteiger charge is 2.26. The summed E-state index contributed by atoms with van der Waals surface area (Å²) < 4.78 is 0.680. The third-order valence-corrected chi connectivity index (χ3v) is 3.05. The summed E-state index contributed by atoms with van der Waals surface area (Å²) in [6.07, 6.45) is 0. The lowest BCUT2D eigenvalue weighted by Crippen LogP contribution is -2.42. The van der Waals surface area contributed by atoms with E-state index in [4.69, 9.17) is 5.73 Å². The molecular weight excluding hydrogens is 300 g/mol. The average Bonchev–Trinajstić information content (AvgIpc) is 2.29. The van der Waals surface area contributed by atoms with Crippen LogP contribution in [0.3, 0.4) is 0 Å². The highest BCUT2D eigenvalue weighted by molar-refractivity contribution is 9.10. The van der Waals surface area contributed by atoms with Crippen molar-refractivity contribution in [3.8, 4) is 5.75 Å². The van der Waals surface area contributed by atoms with Crippen molar-refractivity contribution >= 4 is 27.7 Å². The first-order chi connectivity index (χ1) is 8.24. The second-order valence-corrected chi connectivity index (χ2v) is 5.51. The number of phenols is 1. The fourth-order valence-corrected chi connectivity index (χ4v) is 1.53. The lowest BCUT2D eigenvalue weighted by molar-refractivity contribution is -0.125. The third-order valence-electron chi connectivity index (χ3n) is 2.56. The lowest BCUT2D eigenvalue weighted by atomic mass is 9.92. The second-order valence-electron chi connectivity index (χ2n) is 4.59. The molecule has 0 radical (unpaired) electrons. The van der Waals surface area contributed by atoms with Gasteiger partial charge in [0.2, 0.25) is 5.91 Å². The Labute approximate surface area is 113 Å². The summed E-state index contributed by atoms with van der Waals surface area (Å²) in [5, 5.41) is 12.1. The van der Waals surface area contributed by atoms with Crippen molar-refractivity contribution < 1.29 is 14.7 Å². The molecule has 0 fully saturated rings. The molecule has 5 nitrogen and oxygen atoms in total. The predicted octanol–water partition coefficient (Wildman–Crippen LogP) is 1.40. The first kappa shape index (κ1) is 14.5. The van der Waals surface area contributed by atoms with Crippen LogP contribution in [-0.4, -0.2) is 23.5 Å². The van der Waals surface area contributed by atoms with Gasteiger partial charge < -0.3 is 16.2 Å². The van der Waals surface area contributed by atoms with Gasteiger partial charge in [0.1, 0.15) is 5.75 Å². The highest BCUT2D eigenvalue weighted by Crippen LogP contribution is 2.22. The van der Waals surface area contributed by atoms with Gasteiger partial charge in [0.25, 0.3) is 5.91 Å². The minimum atomic E-state index is -0.836. The minimum Gasteiger partial charge on any atom is -0.507 e. The van der Waals surface area contributed by atoms with Crippen LogP contribution in [0.1, 0.15) is 24.2 Å². The molecular formula is C12H15BrN2O3. The molecule has 98 valence electrons. The number of amides is 2. The van der Waals surface area contributed by atoms with Crippen LogP contribution >= 0.6 is 15.9 Å². The van der Waals surface area contributed by atoms with Crippen molar-refractivity contribution in [1.82, 2.24) is 5.32 Å². The smallest absolute Gasteiger partial charge is 0.255 e. The summed E-state index contributed by atoms with van der Waals surface area (Å²) in [6.45, 7) is 3.37. The molecule has 1 rings (SSSR count). The number of hydrogen-bond acceptors (Lipinski definition) is 3. The molecule has 0 aliphatic heterocycles. The summed E-state index contributed by atoms with van der Waals surface area (Å²) in [6, 6.07) is 4.54. The van der Waals surface area contributed by atoms with Crippen LogP contribution in [0.15, 0.2) is 22.7 Å². The Morgan fingerprint density at radius 1 is 1.44 bits per heavy atom. The topological polar surface area (TPSA) is 92.4 Å². The van der Waals surface area contributed by atoms with Crippen LogP contribution in [0.2, 0.25) is 0 Å². The van der Waals surface area contributed by atoms with Gasteiger partial charge in [0, 0.05) is 11.0 Å². The molecule has 0 heterocycles. The number of carbonyl (C=O) groups excluding carboxylic acids is 2. The van der Waals surface area contributed by atoms with Gasteiger partial charge in [-0.2, -0.15) is 0 Å². The van der Waals surface area contributed by atoms with Gasteiger partial charge in [-0.05, 0) is 32.0 Å². The SMILES string of the molecule is CC(C)(CNC(=O)c1cc(Br)ccc1O)C(N)=O. The predicted molar refractivity (Wildman–Crippen MR) is 71.1 cm³/mol. The lowest BCUT2D eigenvalue weighted by Gasteiger charge is -2.20. The quantitative estimate of drug-likeness (QED) is 0.784. The number of carbonyl (C=O) groups is 2. The van der Waals surface area contributed by atoms with Crippen molar-refractivity contribution in [2.45, 2.75) is 13.8 Å². The molecule has 0 unspecified atom stereocenters. The number of phenolic OH excluding ortho intramolecular Hbond substituents is 1. The molecule has 0 spiro atoms. The molecule has 0 saturated carbocycles. The van der Waals surface area contributed by atoms with E-state index in [0.29, 0.717) is 4.47 Å². The Bertz CT molecular complexity index is 486. The second kappa shape index (κ2) is 5.39. The number of benzene rings is 1. The van der Waals surface area contributed by atoms with Crippen molar-refractivity contribution in [3.05, 3.63) is 28.2 Å². The highest BCUT2D eigenvalue weighted by atomic mass is 79.9. The van der Waals surface area contributed by atoms with Gasteiger partial charge in [-0.25, -0.2) is 0 Å². The van der Waals surface area contributed by atoms with E-state index in [1.807, 2.05) is 0 Å². The number of nitrogens with one attached hydrogen (secondary N) is 1. The summed E-state index contributed by atoms with van der Waals surface area (Å²) >= 11 is 3.21. The van der Waals surface area contributed by atoms with Crippen LogP contribution in [0.25, 0.3) is 0 Å². The zero-order valence-electron chi connectivity index (χ0n) is 10.2. The fraction of sp³-hybridized carbons (Fsp3) is 0.333. The van der Waals surface area contributed by atoms with E-state index in [0.717, 1.165) is 0 Å². The molecule has 0 atom stereocenters. The van der Waals surface area contributed by atoms with E-state index in [-0.39, 0.29) is 17.9 Å². The average molecular weight is 315 g/mol. The third kappa shape index (κ3) is 3.46. The maximum absolute atomic E-state index is 11.8. The Morgan fingerprint density at radius 2 is 2.06 bits per heavy atom. The molecule has 2 amide bonds. The molecule has 6 heteroatoms. The normalized spacial score (nSPS) is 11.1. The van der Waals surface area contributed by atoms with Crippen LogP contribution in [0, 0.1) is 5.41 Å². The van der Waals surface area contributed by atoms with E-state index in [2.05, 4.69) is 21.2 Å². The number of primary amides is 1. The molecule has 0 aromatic heterocycles. The molecule has 0 aliphatic rings. The number of aromatic hydroxyl groups is 1. The number of rotatable bonds is 4. The van der Waals surface area contributed by atoms with Gasteiger partial charge in [0.15, 0.2) is 0 Å². The van der Waals surface area contributed by atoms with Gasteiger partial charge in [0.05, 0.1) is 11.0 Å². The maximum atomic E-state index is 11.8. The number of hydrogen-bond donors (Lipinski definition) is 3. The zero-order chi connectivity index (χ0) is 13.9. The summed E-state index contributed by atoms with van der Waals surface area (Å²) in [5.74, 6) is -1.07. The molecule has 1 aromatic rings. The van der Waals surface area contributed by atoms with Crippen molar-refractivity contribution in [2.75, 3.05) is 6.54 Å². The summed E-state index contributed by atoms with van der Waals surface area (Å²) in [7, 11) is 0. The molecule has 18 heavy (non-hydrogen) atoms. The first-order valence-corrected chi connectivity index (χ1v) is 6.10. The van der Waals surface area contributed by atoms with Gasteiger partial charge in [-0.15, -0.1) is 0 Å². The van der Waals surface area contributed by atoms with Crippen molar-refractivity contribution in [2.24, 2.45) is 11.1 Å². The standard InChI is InChI=1S/C12H15BrN2O3/c1-12(2,11(14)18)6-15-10(17)8-5-7(13)3-4-9(8)16/h3-5,16H,6H2,1-2H3,(H2,14,18)(H,15,17). The fourth-order valence-electron chi connectivity index (χ4n) is 1.17. The van der Waals surface area contributed by atoms with Crippen LogP contribution in [-0.2, 0) is 4.79 Å². The summed E-state index contributed by atoms with van der Waals surface area (Å²) in [5.41, 5.74) is 4.51.